The van der Waals surface area contributed by atoms with Crippen LogP contribution in [0, 0.1) is 13.8 Å². The van der Waals surface area contributed by atoms with Crippen molar-refractivity contribution in [2.24, 2.45) is 5.73 Å². The fourth-order valence-corrected chi connectivity index (χ4v) is 3.38. The van der Waals surface area contributed by atoms with Crippen molar-refractivity contribution in [1.82, 2.24) is 25.1 Å². The summed E-state index contributed by atoms with van der Waals surface area (Å²) in [5.74, 6) is 2.37. The van der Waals surface area contributed by atoms with Gasteiger partial charge in [-0.15, -0.1) is 11.3 Å². The number of aromatic amines is 1. The molecule has 0 amide bonds. The number of anilines is 1. The molecule has 0 aromatic carbocycles. The van der Waals surface area contributed by atoms with Crippen molar-refractivity contribution < 1.29 is 0 Å². The largest absolute Gasteiger partial charge is 0.360 e. The smallest absolute Gasteiger partial charge is 0.146 e. The molecule has 3 rings (SSSR count). The summed E-state index contributed by atoms with van der Waals surface area (Å²) in [5, 5.41) is 11.3. The molecule has 0 saturated carbocycles. The van der Waals surface area contributed by atoms with E-state index in [4.69, 9.17) is 5.73 Å². The number of aryl methyl sites for hydroxylation is 2. The topological polar surface area (TPSA) is 105 Å². The monoisotopic (exact) mass is 317 g/mol. The fraction of sp³-hybridized carbons (Fsp3) is 0.429. The molecule has 0 bridgehead atoms. The van der Waals surface area contributed by atoms with E-state index in [9.17, 15) is 0 Å². The van der Waals surface area contributed by atoms with Gasteiger partial charge in [-0.25, -0.2) is 15.0 Å². The number of aromatic nitrogens is 5. The second-order valence-electron chi connectivity index (χ2n) is 5.23. The first-order valence-corrected chi connectivity index (χ1v) is 8.00. The molecule has 3 aromatic heterocycles. The predicted molar refractivity (Wildman–Crippen MR) is 88.1 cm³/mol. The summed E-state index contributed by atoms with van der Waals surface area (Å²) in [7, 11) is 0. The van der Waals surface area contributed by atoms with Gasteiger partial charge in [-0.1, -0.05) is 0 Å². The van der Waals surface area contributed by atoms with E-state index in [0.29, 0.717) is 13.0 Å². The molecule has 1 unspecified atom stereocenters. The van der Waals surface area contributed by atoms with Gasteiger partial charge in [0.25, 0.3) is 0 Å². The van der Waals surface area contributed by atoms with Gasteiger partial charge in [0.15, 0.2) is 0 Å². The van der Waals surface area contributed by atoms with E-state index < -0.39 is 0 Å². The SMILES string of the molecule is Cc1sc2nc(CCN)nc(NC(C)c3ncn[nH]3)c2c1C. The van der Waals surface area contributed by atoms with E-state index >= 15 is 0 Å². The number of hydrogen-bond donors (Lipinski definition) is 3. The van der Waals surface area contributed by atoms with E-state index in [1.165, 1.54) is 16.8 Å². The normalized spacial score (nSPS) is 12.7. The van der Waals surface area contributed by atoms with Gasteiger partial charge < -0.3 is 11.1 Å². The Bertz CT molecular complexity index is 778. The van der Waals surface area contributed by atoms with E-state index in [1.54, 1.807) is 11.3 Å². The van der Waals surface area contributed by atoms with Gasteiger partial charge in [-0.2, -0.15) is 5.10 Å². The Labute approximate surface area is 132 Å². The first-order chi connectivity index (χ1) is 10.6. The average Bonchev–Trinajstić information content (AvgIpc) is 3.09. The predicted octanol–water partition coefficient (Wildman–Crippen LogP) is 2.10. The van der Waals surface area contributed by atoms with Crippen LogP contribution in [0.3, 0.4) is 0 Å². The number of hydrogen-bond acceptors (Lipinski definition) is 7. The number of rotatable bonds is 5. The molecule has 0 fully saturated rings. The lowest BCUT2D eigenvalue weighted by Gasteiger charge is -2.14. The summed E-state index contributed by atoms with van der Waals surface area (Å²) < 4.78 is 0. The second kappa shape index (κ2) is 5.98. The van der Waals surface area contributed by atoms with Crippen LogP contribution >= 0.6 is 11.3 Å². The molecule has 0 saturated heterocycles. The standard InChI is InChI=1S/C14H19N7S/c1-7-9(3)22-14-11(7)13(19-10(20-14)4-5-15)18-8(2)12-16-6-17-21-12/h6,8H,4-5,15H2,1-3H3,(H,16,17,21)(H,18,19,20). The molecule has 0 spiro atoms. The Balaban J connectivity index is 2.05. The van der Waals surface area contributed by atoms with Crippen LogP contribution < -0.4 is 11.1 Å². The van der Waals surface area contributed by atoms with Crippen LogP contribution in [0.5, 0.6) is 0 Å². The molecule has 1 atom stereocenters. The second-order valence-corrected chi connectivity index (χ2v) is 6.43. The molecule has 4 N–H and O–H groups in total. The number of nitrogens with two attached hydrogens (primary N) is 1. The van der Waals surface area contributed by atoms with Crippen LogP contribution in [0.2, 0.25) is 0 Å². The molecule has 3 aromatic rings. The van der Waals surface area contributed by atoms with Gasteiger partial charge in [0.05, 0.1) is 11.4 Å². The van der Waals surface area contributed by atoms with Gasteiger partial charge in [-0.05, 0) is 32.9 Å². The Kier molecular flexibility index (Phi) is 4.04. The third-order valence-electron chi connectivity index (χ3n) is 3.64. The van der Waals surface area contributed by atoms with E-state index in [2.05, 4.69) is 44.3 Å². The molecule has 3 heterocycles. The van der Waals surface area contributed by atoms with Crippen LogP contribution in [0.25, 0.3) is 10.2 Å². The molecule has 0 aliphatic heterocycles. The third-order valence-corrected chi connectivity index (χ3v) is 4.74. The molecule has 116 valence electrons. The molecule has 8 heteroatoms. The first-order valence-electron chi connectivity index (χ1n) is 7.18. The van der Waals surface area contributed by atoms with Crippen LogP contribution in [-0.2, 0) is 6.42 Å². The molecule has 0 aliphatic carbocycles. The molecule has 0 radical (unpaired) electrons. The Morgan fingerprint density at radius 1 is 1.36 bits per heavy atom. The minimum absolute atomic E-state index is 0.0223. The van der Waals surface area contributed by atoms with Crippen molar-refractivity contribution in [2.75, 3.05) is 11.9 Å². The maximum Gasteiger partial charge on any atom is 0.146 e. The van der Waals surface area contributed by atoms with Crippen LogP contribution in [0.15, 0.2) is 6.33 Å². The van der Waals surface area contributed by atoms with E-state index in [1.807, 2.05) is 6.92 Å². The van der Waals surface area contributed by atoms with Crippen LogP contribution in [0.1, 0.15) is 35.1 Å². The summed E-state index contributed by atoms with van der Waals surface area (Å²) in [6.07, 6.45) is 2.17. The van der Waals surface area contributed by atoms with Crippen molar-refractivity contribution in [3.8, 4) is 0 Å². The Morgan fingerprint density at radius 2 is 2.18 bits per heavy atom. The zero-order valence-electron chi connectivity index (χ0n) is 12.8. The van der Waals surface area contributed by atoms with Gasteiger partial charge >= 0.3 is 0 Å². The maximum absolute atomic E-state index is 5.65. The highest BCUT2D eigenvalue weighted by molar-refractivity contribution is 7.18. The van der Waals surface area contributed by atoms with Crippen LogP contribution in [0.4, 0.5) is 5.82 Å². The van der Waals surface area contributed by atoms with E-state index in [-0.39, 0.29) is 6.04 Å². The van der Waals surface area contributed by atoms with Gasteiger partial charge in [0, 0.05) is 11.3 Å². The number of nitrogens with zero attached hydrogens (tertiary/aromatic N) is 4. The van der Waals surface area contributed by atoms with E-state index in [0.717, 1.165) is 27.7 Å². The van der Waals surface area contributed by atoms with Crippen molar-refractivity contribution in [3.63, 3.8) is 0 Å². The highest BCUT2D eigenvalue weighted by atomic mass is 32.1. The number of fused-ring (bicyclic) bond motifs is 1. The van der Waals surface area contributed by atoms with Gasteiger partial charge in [0.1, 0.15) is 28.6 Å². The Hall–Kier alpha value is -2.06. The molecule has 0 aliphatic rings. The lowest BCUT2D eigenvalue weighted by molar-refractivity contribution is 0.786. The first kappa shape index (κ1) is 14.9. The zero-order chi connectivity index (χ0) is 15.7. The molecule has 22 heavy (non-hydrogen) atoms. The summed E-state index contributed by atoms with van der Waals surface area (Å²) in [6.45, 7) is 6.76. The molecule has 7 nitrogen and oxygen atoms in total. The summed E-state index contributed by atoms with van der Waals surface area (Å²) in [4.78, 5) is 15.7. The lowest BCUT2D eigenvalue weighted by atomic mass is 10.2. The van der Waals surface area contributed by atoms with Crippen molar-refractivity contribution in [2.45, 2.75) is 33.2 Å². The third kappa shape index (κ3) is 2.67. The minimum Gasteiger partial charge on any atom is -0.360 e. The summed E-state index contributed by atoms with van der Waals surface area (Å²) >= 11 is 1.69. The van der Waals surface area contributed by atoms with Gasteiger partial charge in [-0.3, -0.25) is 5.10 Å². The molecular weight excluding hydrogens is 298 g/mol. The maximum atomic E-state index is 5.65. The summed E-state index contributed by atoms with van der Waals surface area (Å²) in [6, 6.07) is -0.0223. The lowest BCUT2D eigenvalue weighted by Crippen LogP contribution is -2.13. The van der Waals surface area contributed by atoms with Crippen molar-refractivity contribution in [1.29, 1.82) is 0 Å². The Morgan fingerprint density at radius 3 is 2.86 bits per heavy atom. The quantitative estimate of drug-likeness (QED) is 0.665. The number of thiophene rings is 1. The highest BCUT2D eigenvalue weighted by Gasteiger charge is 2.17. The number of nitrogens with one attached hydrogen (secondary N) is 2. The minimum atomic E-state index is -0.0223. The van der Waals surface area contributed by atoms with Crippen molar-refractivity contribution >= 4 is 27.4 Å². The number of H-pyrrole nitrogens is 1. The summed E-state index contributed by atoms with van der Waals surface area (Å²) in [5.41, 5.74) is 6.86. The average molecular weight is 317 g/mol. The van der Waals surface area contributed by atoms with Crippen LogP contribution in [-0.4, -0.2) is 31.7 Å². The van der Waals surface area contributed by atoms with Crippen molar-refractivity contribution in [3.05, 3.63) is 28.4 Å². The zero-order valence-corrected chi connectivity index (χ0v) is 13.7. The highest BCUT2D eigenvalue weighted by Crippen LogP contribution is 2.34. The van der Waals surface area contributed by atoms with Gasteiger partial charge in [0.2, 0.25) is 0 Å². The fourth-order valence-electron chi connectivity index (χ4n) is 2.34. The molecular formula is C14H19N7S.